The summed E-state index contributed by atoms with van der Waals surface area (Å²) in [5.41, 5.74) is 7.07. The van der Waals surface area contributed by atoms with E-state index in [-0.39, 0.29) is 6.10 Å². The molecule has 0 saturated heterocycles. The van der Waals surface area contributed by atoms with E-state index in [0.717, 1.165) is 17.0 Å². The number of nitrogens with zero attached hydrogens (tertiary/aromatic N) is 3. The van der Waals surface area contributed by atoms with Crippen molar-refractivity contribution in [3.05, 3.63) is 30.6 Å². The molecule has 2 aromatic rings. The Balaban J connectivity index is 2.29. The van der Waals surface area contributed by atoms with Crippen LogP contribution in [0.1, 0.15) is 13.8 Å². The summed E-state index contributed by atoms with van der Waals surface area (Å²) in [6.07, 6.45) is 3.51. The monoisotopic (exact) mass is 230 g/mol. The summed E-state index contributed by atoms with van der Waals surface area (Å²) >= 11 is 0. The van der Waals surface area contributed by atoms with E-state index in [0.29, 0.717) is 5.82 Å². The van der Waals surface area contributed by atoms with Crippen molar-refractivity contribution in [3.8, 4) is 17.0 Å². The molecule has 0 atom stereocenters. The van der Waals surface area contributed by atoms with Gasteiger partial charge in [-0.25, -0.2) is 0 Å². The number of nitrogens with two attached hydrogens (primary N) is 1. The van der Waals surface area contributed by atoms with Gasteiger partial charge in [-0.2, -0.15) is 0 Å². The summed E-state index contributed by atoms with van der Waals surface area (Å²) in [5, 5.41) is 7.80. The van der Waals surface area contributed by atoms with E-state index < -0.39 is 0 Å². The molecule has 0 saturated carbocycles. The average molecular weight is 230 g/mol. The largest absolute Gasteiger partial charge is 0.489 e. The van der Waals surface area contributed by atoms with Crippen molar-refractivity contribution in [2.45, 2.75) is 20.0 Å². The Labute approximate surface area is 99.7 Å². The summed E-state index contributed by atoms with van der Waals surface area (Å²) in [6.45, 7) is 3.94. The fourth-order valence-electron chi connectivity index (χ4n) is 1.39. The second kappa shape index (κ2) is 4.78. The van der Waals surface area contributed by atoms with Crippen molar-refractivity contribution in [2.24, 2.45) is 0 Å². The van der Waals surface area contributed by atoms with E-state index in [1.165, 1.54) is 0 Å². The highest BCUT2D eigenvalue weighted by Crippen LogP contribution is 2.21. The minimum absolute atomic E-state index is 0.115. The van der Waals surface area contributed by atoms with E-state index in [1.807, 2.05) is 19.9 Å². The van der Waals surface area contributed by atoms with Crippen molar-refractivity contribution in [1.82, 2.24) is 15.2 Å². The zero-order valence-corrected chi connectivity index (χ0v) is 9.79. The van der Waals surface area contributed by atoms with Crippen LogP contribution in [0.2, 0.25) is 0 Å². The lowest BCUT2D eigenvalue weighted by atomic mass is 10.2. The zero-order chi connectivity index (χ0) is 12.3. The molecule has 0 aliphatic heterocycles. The van der Waals surface area contributed by atoms with E-state index in [4.69, 9.17) is 10.5 Å². The molecule has 88 valence electrons. The normalized spacial score (nSPS) is 10.5. The van der Waals surface area contributed by atoms with Crippen molar-refractivity contribution in [1.29, 1.82) is 0 Å². The Bertz CT molecular complexity index is 496. The SMILES string of the molecule is CC(C)Oc1cncc(-c2ccc(N)nn2)c1. The van der Waals surface area contributed by atoms with Gasteiger partial charge in [-0.05, 0) is 32.0 Å². The number of pyridine rings is 1. The Morgan fingerprint density at radius 3 is 2.65 bits per heavy atom. The van der Waals surface area contributed by atoms with Crippen LogP contribution in [0, 0.1) is 0 Å². The first-order valence-electron chi connectivity index (χ1n) is 5.36. The van der Waals surface area contributed by atoms with Gasteiger partial charge in [0.25, 0.3) is 0 Å². The maximum absolute atomic E-state index is 5.56. The van der Waals surface area contributed by atoms with E-state index >= 15 is 0 Å². The first-order chi connectivity index (χ1) is 8.15. The van der Waals surface area contributed by atoms with Crippen molar-refractivity contribution in [2.75, 3.05) is 5.73 Å². The van der Waals surface area contributed by atoms with Crippen molar-refractivity contribution in [3.63, 3.8) is 0 Å². The van der Waals surface area contributed by atoms with Crippen LogP contribution < -0.4 is 10.5 Å². The maximum Gasteiger partial charge on any atom is 0.146 e. The minimum atomic E-state index is 0.115. The average Bonchev–Trinajstić information content (AvgIpc) is 2.29. The fourth-order valence-corrected chi connectivity index (χ4v) is 1.39. The molecule has 0 radical (unpaired) electrons. The first-order valence-corrected chi connectivity index (χ1v) is 5.36. The van der Waals surface area contributed by atoms with Crippen LogP contribution in [0.4, 0.5) is 5.82 Å². The molecule has 5 nitrogen and oxygen atoms in total. The van der Waals surface area contributed by atoms with Gasteiger partial charge in [-0.15, -0.1) is 10.2 Å². The Hall–Kier alpha value is -2.17. The molecule has 2 rings (SSSR count). The van der Waals surface area contributed by atoms with Gasteiger partial charge < -0.3 is 10.5 Å². The highest BCUT2D eigenvalue weighted by Gasteiger charge is 2.04. The lowest BCUT2D eigenvalue weighted by Gasteiger charge is -2.09. The third-order valence-electron chi connectivity index (χ3n) is 2.07. The number of hydrogen-bond donors (Lipinski definition) is 1. The van der Waals surface area contributed by atoms with Crippen LogP contribution in [-0.2, 0) is 0 Å². The molecule has 5 heteroatoms. The lowest BCUT2D eigenvalue weighted by Crippen LogP contribution is -2.05. The van der Waals surface area contributed by atoms with E-state index in [9.17, 15) is 0 Å². The molecule has 0 unspecified atom stereocenters. The topological polar surface area (TPSA) is 73.9 Å². The summed E-state index contributed by atoms with van der Waals surface area (Å²) in [4.78, 5) is 4.11. The third-order valence-corrected chi connectivity index (χ3v) is 2.07. The van der Waals surface area contributed by atoms with Gasteiger partial charge in [0.15, 0.2) is 0 Å². The molecule has 0 fully saturated rings. The van der Waals surface area contributed by atoms with Crippen LogP contribution >= 0.6 is 0 Å². The number of ether oxygens (including phenoxy) is 1. The Morgan fingerprint density at radius 2 is 2.00 bits per heavy atom. The van der Waals surface area contributed by atoms with Crippen LogP contribution in [0.15, 0.2) is 30.6 Å². The van der Waals surface area contributed by atoms with Gasteiger partial charge in [0.1, 0.15) is 11.6 Å². The molecular weight excluding hydrogens is 216 g/mol. The van der Waals surface area contributed by atoms with Crippen LogP contribution in [0.3, 0.4) is 0 Å². The number of rotatable bonds is 3. The Kier molecular flexibility index (Phi) is 3.18. The fraction of sp³-hybridized carbons (Fsp3) is 0.250. The number of aromatic nitrogens is 3. The van der Waals surface area contributed by atoms with Crippen molar-refractivity contribution < 1.29 is 4.74 Å². The highest BCUT2D eigenvalue weighted by atomic mass is 16.5. The van der Waals surface area contributed by atoms with E-state index in [1.54, 1.807) is 24.5 Å². The molecule has 2 aromatic heterocycles. The summed E-state index contributed by atoms with van der Waals surface area (Å²) in [6, 6.07) is 5.39. The van der Waals surface area contributed by atoms with Crippen molar-refractivity contribution >= 4 is 5.82 Å². The van der Waals surface area contributed by atoms with Gasteiger partial charge in [-0.1, -0.05) is 0 Å². The molecule has 0 aliphatic carbocycles. The third kappa shape index (κ3) is 2.90. The quantitative estimate of drug-likeness (QED) is 0.871. The van der Waals surface area contributed by atoms with Gasteiger partial charge in [-0.3, -0.25) is 4.98 Å². The Morgan fingerprint density at radius 1 is 1.18 bits per heavy atom. The first kappa shape index (κ1) is 11.3. The maximum atomic E-state index is 5.56. The molecule has 2 N–H and O–H groups in total. The molecular formula is C12H14N4O. The molecule has 17 heavy (non-hydrogen) atoms. The summed E-state index contributed by atoms with van der Waals surface area (Å²) < 4.78 is 5.56. The smallest absolute Gasteiger partial charge is 0.146 e. The number of anilines is 1. The summed E-state index contributed by atoms with van der Waals surface area (Å²) in [5.74, 6) is 1.12. The second-order valence-corrected chi connectivity index (χ2v) is 3.92. The second-order valence-electron chi connectivity index (χ2n) is 3.92. The van der Waals surface area contributed by atoms with Gasteiger partial charge in [0, 0.05) is 11.8 Å². The highest BCUT2D eigenvalue weighted by molar-refractivity contribution is 5.59. The van der Waals surface area contributed by atoms with Gasteiger partial charge in [0.05, 0.1) is 18.0 Å². The number of nitrogen functional groups attached to an aromatic ring is 1. The van der Waals surface area contributed by atoms with Crippen LogP contribution in [0.5, 0.6) is 5.75 Å². The molecule has 0 aromatic carbocycles. The molecule has 0 amide bonds. The van der Waals surface area contributed by atoms with E-state index in [2.05, 4.69) is 15.2 Å². The predicted molar refractivity (Wildman–Crippen MR) is 65.4 cm³/mol. The van der Waals surface area contributed by atoms with Crippen LogP contribution in [0.25, 0.3) is 11.3 Å². The number of hydrogen-bond acceptors (Lipinski definition) is 5. The van der Waals surface area contributed by atoms with Crippen LogP contribution in [-0.4, -0.2) is 21.3 Å². The molecule has 0 spiro atoms. The molecule has 0 bridgehead atoms. The summed E-state index contributed by atoms with van der Waals surface area (Å²) in [7, 11) is 0. The standard InChI is InChI=1S/C12H14N4O/c1-8(2)17-10-5-9(6-14-7-10)11-3-4-12(13)16-15-11/h3-8H,1-2H3,(H2,13,16). The minimum Gasteiger partial charge on any atom is -0.489 e. The van der Waals surface area contributed by atoms with Gasteiger partial charge in [0.2, 0.25) is 0 Å². The predicted octanol–water partition coefficient (Wildman–Crippen LogP) is 1.91. The zero-order valence-electron chi connectivity index (χ0n) is 9.79. The molecule has 2 heterocycles. The van der Waals surface area contributed by atoms with Gasteiger partial charge >= 0.3 is 0 Å². The molecule has 0 aliphatic rings. The lowest BCUT2D eigenvalue weighted by molar-refractivity contribution is 0.241.